The zero-order valence-electron chi connectivity index (χ0n) is 15.8. The van der Waals surface area contributed by atoms with Crippen molar-refractivity contribution >= 4 is 46.1 Å². The summed E-state index contributed by atoms with van der Waals surface area (Å²) < 4.78 is 5.56. The van der Waals surface area contributed by atoms with E-state index in [-0.39, 0.29) is 18.4 Å². The molecule has 0 aliphatic carbocycles. The van der Waals surface area contributed by atoms with Gasteiger partial charge in [0.15, 0.2) is 6.61 Å². The van der Waals surface area contributed by atoms with E-state index in [2.05, 4.69) is 10.3 Å². The van der Waals surface area contributed by atoms with Crippen molar-refractivity contribution in [1.29, 1.82) is 0 Å². The molecule has 0 saturated carbocycles. The second-order valence-electron chi connectivity index (χ2n) is 6.74. The summed E-state index contributed by atoms with van der Waals surface area (Å²) in [5, 5.41) is 5.32. The summed E-state index contributed by atoms with van der Waals surface area (Å²) in [4.78, 5) is 31.3. The summed E-state index contributed by atoms with van der Waals surface area (Å²) in [5.74, 6) is -0.0377. The molecule has 29 heavy (non-hydrogen) atoms. The van der Waals surface area contributed by atoms with Gasteiger partial charge in [-0.25, -0.2) is 4.98 Å². The van der Waals surface area contributed by atoms with Gasteiger partial charge in [-0.05, 0) is 49.7 Å². The zero-order valence-corrected chi connectivity index (χ0v) is 17.4. The molecule has 3 aromatic rings. The van der Waals surface area contributed by atoms with Crippen LogP contribution in [-0.4, -0.2) is 29.4 Å². The molecule has 1 aliphatic rings. The van der Waals surface area contributed by atoms with Gasteiger partial charge in [-0.3, -0.25) is 14.5 Å². The minimum atomic E-state index is -0.740. The Kier molecular flexibility index (Phi) is 5.25. The highest BCUT2D eigenvalue weighted by atomic mass is 35.5. The smallest absolute Gasteiger partial charge is 0.265 e. The molecule has 0 spiro atoms. The van der Waals surface area contributed by atoms with Crippen LogP contribution in [0.5, 0.6) is 5.75 Å². The number of hydrogen-bond acceptors (Lipinski definition) is 5. The van der Waals surface area contributed by atoms with Crippen molar-refractivity contribution in [2.24, 2.45) is 0 Å². The molecule has 1 atom stereocenters. The number of amides is 2. The third kappa shape index (κ3) is 3.83. The number of rotatable bonds is 4. The van der Waals surface area contributed by atoms with Crippen molar-refractivity contribution in [3.8, 4) is 17.0 Å². The first kappa shape index (κ1) is 19.4. The normalized spacial score (nSPS) is 14.2. The van der Waals surface area contributed by atoms with E-state index in [0.29, 0.717) is 22.1 Å². The van der Waals surface area contributed by atoms with Gasteiger partial charge in [0.25, 0.3) is 5.91 Å². The summed E-state index contributed by atoms with van der Waals surface area (Å²) in [6.07, 6.45) is 0. The second-order valence-corrected chi connectivity index (χ2v) is 7.86. The van der Waals surface area contributed by atoms with Gasteiger partial charge >= 0.3 is 0 Å². The van der Waals surface area contributed by atoms with Crippen LogP contribution in [0.2, 0.25) is 5.02 Å². The highest BCUT2D eigenvalue weighted by Gasteiger charge is 2.33. The average Bonchev–Trinajstić information content (AvgIpc) is 3.24. The van der Waals surface area contributed by atoms with Gasteiger partial charge in [0.05, 0.1) is 16.9 Å². The van der Waals surface area contributed by atoms with Crippen LogP contribution in [0.4, 0.5) is 11.4 Å². The highest BCUT2D eigenvalue weighted by molar-refractivity contribution is 7.07. The molecule has 0 radical (unpaired) electrons. The van der Waals surface area contributed by atoms with E-state index in [9.17, 15) is 9.59 Å². The maximum Gasteiger partial charge on any atom is 0.265 e. The summed E-state index contributed by atoms with van der Waals surface area (Å²) in [6.45, 7) is 3.46. The number of carbonyl (C=O) groups excluding carboxylic acids is 2. The molecule has 148 valence electrons. The predicted molar refractivity (Wildman–Crippen MR) is 115 cm³/mol. The molecule has 8 heteroatoms. The van der Waals surface area contributed by atoms with Crippen molar-refractivity contribution < 1.29 is 14.3 Å². The second kappa shape index (κ2) is 7.85. The Bertz CT molecular complexity index is 1080. The molecule has 4 rings (SSSR count). The third-order valence-electron chi connectivity index (χ3n) is 4.77. The van der Waals surface area contributed by atoms with Crippen LogP contribution in [0.1, 0.15) is 12.5 Å². The predicted octanol–water partition coefficient (Wildman–Crippen LogP) is 4.52. The van der Waals surface area contributed by atoms with Crippen molar-refractivity contribution in [3.63, 3.8) is 0 Å². The number of aryl methyl sites for hydroxylation is 1. The van der Waals surface area contributed by atoms with Crippen molar-refractivity contribution in [1.82, 2.24) is 4.98 Å². The van der Waals surface area contributed by atoms with E-state index < -0.39 is 6.04 Å². The number of aromatic nitrogens is 1. The number of nitrogens with zero attached hydrogens (tertiary/aromatic N) is 2. The van der Waals surface area contributed by atoms with E-state index in [1.807, 2.05) is 30.5 Å². The standard InChI is InChI=1S/C21H18ClN3O3S/c1-12-3-5-15(8-16(12)22)24-21(27)13(2)25-18-7-14(17-10-29-11-23-17)4-6-19(18)28-9-20(25)26/h3-8,10-11,13H,9H2,1-2H3,(H,24,27). The SMILES string of the molecule is Cc1ccc(NC(=O)C(C)N2C(=O)COc3ccc(-c4cscn4)cc32)cc1Cl. The van der Waals surface area contributed by atoms with E-state index in [1.165, 1.54) is 16.2 Å². The molecule has 1 aliphatic heterocycles. The quantitative estimate of drug-likeness (QED) is 0.664. The first-order chi connectivity index (χ1) is 13.9. The van der Waals surface area contributed by atoms with Gasteiger partial charge in [0.1, 0.15) is 11.8 Å². The Balaban J connectivity index is 1.63. The van der Waals surface area contributed by atoms with E-state index in [1.54, 1.807) is 30.6 Å². The Morgan fingerprint density at radius 2 is 2.14 bits per heavy atom. The summed E-state index contributed by atoms with van der Waals surface area (Å²) in [6, 6.07) is 10.1. The van der Waals surface area contributed by atoms with Crippen LogP contribution >= 0.6 is 22.9 Å². The number of carbonyl (C=O) groups is 2. The molecular weight excluding hydrogens is 410 g/mol. The van der Waals surface area contributed by atoms with Gasteiger partial charge in [-0.2, -0.15) is 0 Å². The Morgan fingerprint density at radius 3 is 2.86 bits per heavy atom. The summed E-state index contributed by atoms with van der Waals surface area (Å²) in [5.41, 5.74) is 5.46. The number of benzene rings is 2. The summed E-state index contributed by atoms with van der Waals surface area (Å²) >= 11 is 7.63. The minimum absolute atomic E-state index is 0.114. The molecule has 1 N–H and O–H groups in total. The van der Waals surface area contributed by atoms with Crippen LogP contribution in [0.25, 0.3) is 11.3 Å². The van der Waals surface area contributed by atoms with Gasteiger partial charge in [-0.15, -0.1) is 11.3 Å². The minimum Gasteiger partial charge on any atom is -0.482 e. The molecule has 2 amide bonds. The zero-order chi connectivity index (χ0) is 20.5. The molecular formula is C21H18ClN3O3S. The van der Waals surface area contributed by atoms with Crippen molar-refractivity contribution in [3.05, 3.63) is 57.9 Å². The van der Waals surface area contributed by atoms with Crippen LogP contribution in [0, 0.1) is 6.92 Å². The Hall–Kier alpha value is -2.90. The van der Waals surface area contributed by atoms with E-state index in [4.69, 9.17) is 16.3 Å². The van der Waals surface area contributed by atoms with Gasteiger partial charge in [-0.1, -0.05) is 17.7 Å². The topological polar surface area (TPSA) is 71.5 Å². The van der Waals surface area contributed by atoms with Crippen molar-refractivity contribution in [2.75, 3.05) is 16.8 Å². The monoisotopic (exact) mass is 427 g/mol. The fourth-order valence-electron chi connectivity index (χ4n) is 3.14. The first-order valence-electron chi connectivity index (χ1n) is 8.98. The van der Waals surface area contributed by atoms with E-state index in [0.717, 1.165) is 16.8 Å². The third-order valence-corrected chi connectivity index (χ3v) is 5.77. The number of halogens is 1. The lowest BCUT2D eigenvalue weighted by molar-refractivity contribution is -0.125. The number of ether oxygens (including phenoxy) is 1. The lowest BCUT2D eigenvalue weighted by Gasteiger charge is -2.33. The van der Waals surface area contributed by atoms with Crippen LogP contribution in [0.3, 0.4) is 0 Å². The van der Waals surface area contributed by atoms with Gasteiger partial charge in [0, 0.05) is 21.7 Å². The molecule has 1 aromatic heterocycles. The molecule has 6 nitrogen and oxygen atoms in total. The molecule has 1 unspecified atom stereocenters. The van der Waals surface area contributed by atoms with Gasteiger partial charge in [0.2, 0.25) is 5.91 Å². The highest BCUT2D eigenvalue weighted by Crippen LogP contribution is 2.37. The van der Waals surface area contributed by atoms with Crippen molar-refractivity contribution in [2.45, 2.75) is 19.9 Å². The number of hydrogen-bond donors (Lipinski definition) is 1. The number of fused-ring (bicyclic) bond motifs is 1. The maximum absolute atomic E-state index is 12.9. The fourth-order valence-corrected chi connectivity index (χ4v) is 3.89. The first-order valence-corrected chi connectivity index (χ1v) is 10.3. The average molecular weight is 428 g/mol. The fraction of sp³-hybridized carbons (Fsp3) is 0.190. The van der Waals surface area contributed by atoms with E-state index >= 15 is 0 Å². The van der Waals surface area contributed by atoms with Crippen LogP contribution < -0.4 is 15.0 Å². The molecule has 2 heterocycles. The molecule has 0 saturated heterocycles. The lowest BCUT2D eigenvalue weighted by Crippen LogP contribution is -2.49. The van der Waals surface area contributed by atoms with Gasteiger partial charge < -0.3 is 10.1 Å². The molecule has 2 aromatic carbocycles. The Morgan fingerprint density at radius 1 is 1.31 bits per heavy atom. The molecule has 0 fully saturated rings. The number of anilines is 2. The maximum atomic E-state index is 12.9. The van der Waals surface area contributed by atoms with Crippen LogP contribution in [0.15, 0.2) is 47.3 Å². The number of nitrogens with one attached hydrogen (secondary N) is 1. The largest absolute Gasteiger partial charge is 0.482 e. The molecule has 0 bridgehead atoms. The Labute approximate surface area is 177 Å². The lowest BCUT2D eigenvalue weighted by atomic mass is 10.1. The summed E-state index contributed by atoms with van der Waals surface area (Å²) in [7, 11) is 0. The number of thiazole rings is 1. The van der Waals surface area contributed by atoms with Crippen LogP contribution in [-0.2, 0) is 9.59 Å².